The summed E-state index contributed by atoms with van der Waals surface area (Å²) in [5.41, 5.74) is 1.24. The van der Waals surface area contributed by atoms with Crippen LogP contribution in [0.3, 0.4) is 0 Å². The number of ether oxygens (including phenoxy) is 1. The molecule has 1 saturated heterocycles. The SMILES string of the molecule is Cl.O=C(CC1CNCCO1)NCCc1ccccc1. The summed E-state index contributed by atoms with van der Waals surface area (Å²) in [7, 11) is 0. The van der Waals surface area contributed by atoms with Gasteiger partial charge in [0, 0.05) is 19.6 Å². The molecule has 1 amide bonds. The maximum absolute atomic E-state index is 11.7. The van der Waals surface area contributed by atoms with Gasteiger partial charge in [-0.05, 0) is 12.0 Å². The van der Waals surface area contributed by atoms with Gasteiger partial charge in [-0.25, -0.2) is 0 Å². The summed E-state index contributed by atoms with van der Waals surface area (Å²) in [4.78, 5) is 11.7. The second-order valence-electron chi connectivity index (χ2n) is 4.49. The fourth-order valence-electron chi connectivity index (χ4n) is 2.02. The molecule has 1 aliphatic rings. The molecule has 0 aromatic heterocycles. The van der Waals surface area contributed by atoms with Gasteiger partial charge in [0.05, 0.1) is 19.1 Å². The van der Waals surface area contributed by atoms with Crippen LogP contribution in [0.2, 0.25) is 0 Å². The number of amides is 1. The van der Waals surface area contributed by atoms with Crippen molar-refractivity contribution < 1.29 is 9.53 Å². The predicted octanol–water partition coefficient (Wildman–Crippen LogP) is 1.15. The molecule has 0 aliphatic carbocycles. The molecule has 2 rings (SSSR count). The van der Waals surface area contributed by atoms with Crippen LogP contribution in [0.1, 0.15) is 12.0 Å². The van der Waals surface area contributed by atoms with Crippen LogP contribution in [-0.2, 0) is 16.0 Å². The highest BCUT2D eigenvalue weighted by atomic mass is 35.5. The maximum atomic E-state index is 11.7. The van der Waals surface area contributed by atoms with Crippen molar-refractivity contribution in [2.75, 3.05) is 26.2 Å². The van der Waals surface area contributed by atoms with Crippen molar-refractivity contribution in [3.63, 3.8) is 0 Å². The summed E-state index contributed by atoms with van der Waals surface area (Å²) in [6.07, 6.45) is 1.34. The largest absolute Gasteiger partial charge is 0.375 e. The molecule has 0 saturated carbocycles. The lowest BCUT2D eigenvalue weighted by Gasteiger charge is -2.23. The van der Waals surface area contributed by atoms with E-state index in [1.165, 1.54) is 5.56 Å². The number of carbonyl (C=O) groups excluding carboxylic acids is 1. The number of hydrogen-bond donors (Lipinski definition) is 2. The molecule has 106 valence electrons. The lowest BCUT2D eigenvalue weighted by Crippen LogP contribution is -2.41. The van der Waals surface area contributed by atoms with Crippen LogP contribution in [0.15, 0.2) is 30.3 Å². The van der Waals surface area contributed by atoms with Gasteiger partial charge in [-0.2, -0.15) is 0 Å². The molecule has 0 spiro atoms. The first kappa shape index (κ1) is 16.0. The van der Waals surface area contributed by atoms with Gasteiger partial charge < -0.3 is 15.4 Å². The smallest absolute Gasteiger partial charge is 0.222 e. The summed E-state index contributed by atoms with van der Waals surface area (Å²) in [5, 5.41) is 6.15. The van der Waals surface area contributed by atoms with Crippen LogP contribution in [0.25, 0.3) is 0 Å². The van der Waals surface area contributed by atoms with Crippen LogP contribution in [0.4, 0.5) is 0 Å². The molecule has 1 aromatic carbocycles. The van der Waals surface area contributed by atoms with E-state index < -0.39 is 0 Å². The minimum Gasteiger partial charge on any atom is -0.375 e. The normalized spacial score (nSPS) is 18.4. The Hall–Kier alpha value is -1.10. The van der Waals surface area contributed by atoms with Gasteiger partial charge in [-0.1, -0.05) is 30.3 Å². The molecule has 0 bridgehead atoms. The van der Waals surface area contributed by atoms with Crippen LogP contribution < -0.4 is 10.6 Å². The molecular weight excluding hydrogens is 264 g/mol. The van der Waals surface area contributed by atoms with Gasteiger partial charge in [0.1, 0.15) is 0 Å². The van der Waals surface area contributed by atoms with Crippen LogP contribution in [-0.4, -0.2) is 38.3 Å². The minimum atomic E-state index is 0. The van der Waals surface area contributed by atoms with E-state index in [2.05, 4.69) is 22.8 Å². The van der Waals surface area contributed by atoms with E-state index in [0.29, 0.717) is 19.6 Å². The van der Waals surface area contributed by atoms with E-state index in [1.807, 2.05) is 18.2 Å². The number of nitrogens with one attached hydrogen (secondary N) is 2. The quantitative estimate of drug-likeness (QED) is 0.853. The van der Waals surface area contributed by atoms with Crippen molar-refractivity contribution in [3.8, 4) is 0 Å². The Morgan fingerprint density at radius 1 is 1.37 bits per heavy atom. The Morgan fingerprint density at radius 3 is 2.84 bits per heavy atom. The highest BCUT2D eigenvalue weighted by Gasteiger charge is 2.16. The molecule has 19 heavy (non-hydrogen) atoms. The van der Waals surface area contributed by atoms with Crippen molar-refractivity contribution >= 4 is 18.3 Å². The molecule has 1 aromatic rings. The monoisotopic (exact) mass is 284 g/mol. The Labute approximate surface area is 120 Å². The average molecular weight is 285 g/mol. The zero-order valence-electron chi connectivity index (χ0n) is 10.9. The number of carbonyl (C=O) groups is 1. The third-order valence-corrected chi connectivity index (χ3v) is 3.00. The van der Waals surface area contributed by atoms with E-state index in [9.17, 15) is 4.79 Å². The summed E-state index contributed by atoms with van der Waals surface area (Å²) in [5.74, 6) is 0.0691. The fourth-order valence-corrected chi connectivity index (χ4v) is 2.02. The van der Waals surface area contributed by atoms with E-state index in [0.717, 1.165) is 19.5 Å². The number of hydrogen-bond acceptors (Lipinski definition) is 3. The average Bonchev–Trinajstić information content (AvgIpc) is 2.41. The van der Waals surface area contributed by atoms with Crippen molar-refractivity contribution in [1.29, 1.82) is 0 Å². The molecule has 1 atom stereocenters. The topological polar surface area (TPSA) is 50.4 Å². The first-order chi connectivity index (χ1) is 8.84. The molecule has 1 fully saturated rings. The van der Waals surface area contributed by atoms with Crippen LogP contribution in [0.5, 0.6) is 0 Å². The molecule has 5 heteroatoms. The molecule has 1 heterocycles. The van der Waals surface area contributed by atoms with E-state index >= 15 is 0 Å². The maximum Gasteiger partial charge on any atom is 0.222 e. The molecular formula is C14H21ClN2O2. The lowest BCUT2D eigenvalue weighted by molar-refractivity contribution is -0.124. The van der Waals surface area contributed by atoms with E-state index in [-0.39, 0.29) is 24.4 Å². The van der Waals surface area contributed by atoms with Crippen LogP contribution >= 0.6 is 12.4 Å². The van der Waals surface area contributed by atoms with Crippen molar-refractivity contribution in [2.45, 2.75) is 18.9 Å². The molecule has 2 N–H and O–H groups in total. The second-order valence-corrected chi connectivity index (χ2v) is 4.49. The third kappa shape index (κ3) is 6.05. The van der Waals surface area contributed by atoms with Gasteiger partial charge in [-0.15, -0.1) is 12.4 Å². The zero-order chi connectivity index (χ0) is 12.6. The Balaban J connectivity index is 0.00000180. The van der Waals surface area contributed by atoms with Gasteiger partial charge in [0.15, 0.2) is 0 Å². The molecule has 0 radical (unpaired) electrons. The van der Waals surface area contributed by atoms with Gasteiger partial charge in [0.25, 0.3) is 0 Å². The second kappa shape index (κ2) is 8.91. The summed E-state index contributed by atoms with van der Waals surface area (Å²) in [6.45, 7) is 3.03. The van der Waals surface area contributed by atoms with Crippen molar-refractivity contribution in [2.24, 2.45) is 0 Å². The van der Waals surface area contributed by atoms with Crippen molar-refractivity contribution in [3.05, 3.63) is 35.9 Å². The first-order valence-electron chi connectivity index (χ1n) is 6.47. The molecule has 1 aliphatic heterocycles. The highest BCUT2D eigenvalue weighted by molar-refractivity contribution is 5.85. The fraction of sp³-hybridized carbons (Fsp3) is 0.500. The lowest BCUT2D eigenvalue weighted by atomic mass is 10.1. The molecule has 4 nitrogen and oxygen atoms in total. The standard InChI is InChI=1S/C14H20N2O2.ClH/c17-14(10-13-11-15-8-9-18-13)16-7-6-12-4-2-1-3-5-12;/h1-5,13,15H,6-11H2,(H,16,17);1H. The number of benzene rings is 1. The van der Waals surface area contributed by atoms with E-state index in [1.54, 1.807) is 0 Å². The summed E-state index contributed by atoms with van der Waals surface area (Å²) in [6, 6.07) is 10.2. The van der Waals surface area contributed by atoms with Gasteiger partial charge in [-0.3, -0.25) is 4.79 Å². The minimum absolute atomic E-state index is 0. The summed E-state index contributed by atoms with van der Waals surface area (Å²) < 4.78 is 5.49. The Bertz CT molecular complexity index is 367. The summed E-state index contributed by atoms with van der Waals surface area (Å²) >= 11 is 0. The Kier molecular flexibility index (Phi) is 7.48. The highest BCUT2D eigenvalue weighted by Crippen LogP contribution is 2.02. The predicted molar refractivity (Wildman–Crippen MR) is 77.6 cm³/mol. The van der Waals surface area contributed by atoms with Gasteiger partial charge in [0.2, 0.25) is 5.91 Å². The number of morpholine rings is 1. The molecule has 1 unspecified atom stereocenters. The third-order valence-electron chi connectivity index (χ3n) is 3.00. The number of rotatable bonds is 5. The first-order valence-corrected chi connectivity index (χ1v) is 6.47. The number of halogens is 1. The zero-order valence-corrected chi connectivity index (χ0v) is 11.7. The van der Waals surface area contributed by atoms with Gasteiger partial charge >= 0.3 is 0 Å². The van der Waals surface area contributed by atoms with E-state index in [4.69, 9.17) is 4.74 Å². The van der Waals surface area contributed by atoms with Crippen molar-refractivity contribution in [1.82, 2.24) is 10.6 Å². The van der Waals surface area contributed by atoms with Crippen LogP contribution in [0, 0.1) is 0 Å². The Morgan fingerprint density at radius 2 is 2.16 bits per heavy atom.